The summed E-state index contributed by atoms with van der Waals surface area (Å²) in [6.07, 6.45) is 0.0547. The van der Waals surface area contributed by atoms with Gasteiger partial charge in [0, 0.05) is 0 Å². The van der Waals surface area contributed by atoms with E-state index in [0.29, 0.717) is 6.61 Å². The molecule has 0 fully saturated rings. The standard InChI is InChI=1S/C15H22O3/c1-11-9-13(15(2,3)4)6-5-12(11)10-18-8-7-14(16)17/h5-6,9H,7-8,10H2,1-4H3,(H,16,17). The van der Waals surface area contributed by atoms with E-state index in [2.05, 4.69) is 45.9 Å². The number of carboxylic acid groups (broad SMARTS) is 1. The quantitative estimate of drug-likeness (QED) is 0.816. The van der Waals surface area contributed by atoms with Crippen LogP contribution in [0.15, 0.2) is 18.2 Å². The molecule has 0 amide bonds. The first kappa shape index (κ1) is 14.7. The molecule has 1 rings (SSSR count). The van der Waals surface area contributed by atoms with Crippen LogP contribution >= 0.6 is 0 Å². The van der Waals surface area contributed by atoms with Crippen LogP contribution in [0.4, 0.5) is 0 Å². The van der Waals surface area contributed by atoms with Crippen molar-refractivity contribution in [2.45, 2.75) is 46.1 Å². The largest absolute Gasteiger partial charge is 0.481 e. The van der Waals surface area contributed by atoms with Gasteiger partial charge in [-0.05, 0) is 29.0 Å². The summed E-state index contributed by atoms with van der Waals surface area (Å²) in [5.41, 5.74) is 3.76. The minimum Gasteiger partial charge on any atom is -0.481 e. The van der Waals surface area contributed by atoms with Gasteiger partial charge in [0.05, 0.1) is 19.6 Å². The molecule has 0 atom stereocenters. The molecule has 1 N–H and O–H groups in total. The van der Waals surface area contributed by atoms with E-state index in [0.717, 1.165) is 5.56 Å². The number of aryl methyl sites for hydroxylation is 1. The van der Waals surface area contributed by atoms with Crippen molar-refractivity contribution < 1.29 is 14.6 Å². The Morgan fingerprint density at radius 2 is 2.00 bits per heavy atom. The number of carboxylic acids is 1. The fourth-order valence-electron chi connectivity index (χ4n) is 1.67. The predicted molar refractivity (Wildman–Crippen MR) is 71.8 cm³/mol. The third-order valence-electron chi connectivity index (χ3n) is 2.93. The van der Waals surface area contributed by atoms with Gasteiger partial charge >= 0.3 is 5.97 Å². The Bertz CT molecular complexity index is 416. The van der Waals surface area contributed by atoms with Crippen molar-refractivity contribution in [3.8, 4) is 0 Å². The molecule has 1 aromatic carbocycles. The van der Waals surface area contributed by atoms with Crippen molar-refractivity contribution in [1.29, 1.82) is 0 Å². The lowest BCUT2D eigenvalue weighted by Crippen LogP contribution is -2.11. The van der Waals surface area contributed by atoms with E-state index < -0.39 is 5.97 Å². The van der Waals surface area contributed by atoms with E-state index >= 15 is 0 Å². The first-order valence-corrected chi connectivity index (χ1v) is 6.20. The summed E-state index contributed by atoms with van der Waals surface area (Å²) in [5.74, 6) is -0.824. The molecular formula is C15H22O3. The Labute approximate surface area is 109 Å². The molecule has 0 aromatic heterocycles. The molecule has 0 bridgehead atoms. The lowest BCUT2D eigenvalue weighted by atomic mass is 9.85. The molecule has 1 aromatic rings. The van der Waals surface area contributed by atoms with Crippen molar-refractivity contribution in [2.24, 2.45) is 0 Å². The van der Waals surface area contributed by atoms with Crippen LogP contribution in [0, 0.1) is 6.92 Å². The fourth-order valence-corrected chi connectivity index (χ4v) is 1.67. The normalized spacial score (nSPS) is 11.6. The molecule has 3 nitrogen and oxygen atoms in total. The number of rotatable bonds is 5. The van der Waals surface area contributed by atoms with Gasteiger partial charge in [0.15, 0.2) is 0 Å². The summed E-state index contributed by atoms with van der Waals surface area (Å²) in [4.78, 5) is 10.4. The molecule has 0 unspecified atom stereocenters. The maximum absolute atomic E-state index is 10.4. The molecule has 0 saturated heterocycles. The summed E-state index contributed by atoms with van der Waals surface area (Å²) >= 11 is 0. The first-order chi connectivity index (χ1) is 8.30. The van der Waals surface area contributed by atoms with Gasteiger partial charge in [0.25, 0.3) is 0 Å². The number of carbonyl (C=O) groups is 1. The molecule has 0 saturated carbocycles. The van der Waals surface area contributed by atoms with Gasteiger partial charge in [-0.15, -0.1) is 0 Å². The third-order valence-corrected chi connectivity index (χ3v) is 2.93. The molecule has 0 spiro atoms. The Morgan fingerprint density at radius 1 is 1.33 bits per heavy atom. The van der Waals surface area contributed by atoms with Gasteiger partial charge in [-0.3, -0.25) is 4.79 Å². The maximum Gasteiger partial charge on any atom is 0.305 e. The summed E-state index contributed by atoms with van der Waals surface area (Å²) < 4.78 is 5.36. The lowest BCUT2D eigenvalue weighted by Gasteiger charge is -2.20. The fraction of sp³-hybridized carbons (Fsp3) is 0.533. The zero-order valence-corrected chi connectivity index (χ0v) is 11.6. The number of ether oxygens (including phenoxy) is 1. The van der Waals surface area contributed by atoms with Crippen molar-refractivity contribution in [3.05, 3.63) is 34.9 Å². The second kappa shape index (κ2) is 6.01. The van der Waals surface area contributed by atoms with Crippen LogP contribution in [0.2, 0.25) is 0 Å². The number of hydrogen-bond acceptors (Lipinski definition) is 2. The summed E-state index contributed by atoms with van der Waals surface area (Å²) in [7, 11) is 0. The zero-order valence-electron chi connectivity index (χ0n) is 11.6. The Balaban J connectivity index is 2.60. The Morgan fingerprint density at radius 3 is 2.50 bits per heavy atom. The summed E-state index contributed by atoms with van der Waals surface area (Å²) in [5, 5.41) is 8.51. The van der Waals surface area contributed by atoms with Gasteiger partial charge in [-0.2, -0.15) is 0 Å². The van der Waals surface area contributed by atoms with E-state index in [9.17, 15) is 4.79 Å². The highest BCUT2D eigenvalue weighted by atomic mass is 16.5. The zero-order chi connectivity index (χ0) is 13.8. The lowest BCUT2D eigenvalue weighted by molar-refractivity contribution is -0.138. The van der Waals surface area contributed by atoms with Gasteiger partial charge in [-0.25, -0.2) is 0 Å². The first-order valence-electron chi connectivity index (χ1n) is 6.20. The second-order valence-corrected chi connectivity index (χ2v) is 5.59. The minimum absolute atomic E-state index is 0.0547. The average molecular weight is 250 g/mol. The highest BCUT2D eigenvalue weighted by Crippen LogP contribution is 2.24. The van der Waals surface area contributed by atoms with E-state index in [1.54, 1.807) is 0 Å². The summed E-state index contributed by atoms with van der Waals surface area (Å²) in [6.45, 7) is 9.35. The third kappa shape index (κ3) is 4.49. The number of benzene rings is 1. The highest BCUT2D eigenvalue weighted by Gasteiger charge is 2.14. The van der Waals surface area contributed by atoms with E-state index in [1.165, 1.54) is 11.1 Å². The summed E-state index contributed by atoms with van der Waals surface area (Å²) in [6, 6.07) is 6.36. The highest BCUT2D eigenvalue weighted by molar-refractivity contribution is 5.66. The van der Waals surface area contributed by atoms with Crippen LogP contribution in [0.25, 0.3) is 0 Å². The molecular weight excluding hydrogens is 228 g/mol. The average Bonchev–Trinajstić information content (AvgIpc) is 2.24. The second-order valence-electron chi connectivity index (χ2n) is 5.59. The number of hydrogen-bond donors (Lipinski definition) is 1. The van der Waals surface area contributed by atoms with E-state index in [-0.39, 0.29) is 18.4 Å². The van der Waals surface area contributed by atoms with Gasteiger partial charge in [0.1, 0.15) is 0 Å². The van der Waals surface area contributed by atoms with Crippen LogP contribution in [-0.4, -0.2) is 17.7 Å². The molecule has 0 aliphatic heterocycles. The molecule has 3 heteroatoms. The van der Waals surface area contributed by atoms with Crippen molar-refractivity contribution in [1.82, 2.24) is 0 Å². The SMILES string of the molecule is Cc1cc(C(C)(C)C)ccc1COCCC(=O)O. The monoisotopic (exact) mass is 250 g/mol. The van der Waals surface area contributed by atoms with E-state index in [1.807, 2.05) is 0 Å². The van der Waals surface area contributed by atoms with Crippen molar-refractivity contribution in [2.75, 3.05) is 6.61 Å². The van der Waals surface area contributed by atoms with Crippen molar-refractivity contribution in [3.63, 3.8) is 0 Å². The Kier molecular flexibility index (Phi) is 4.91. The minimum atomic E-state index is -0.824. The van der Waals surface area contributed by atoms with Crippen LogP contribution in [0.3, 0.4) is 0 Å². The maximum atomic E-state index is 10.4. The molecule has 100 valence electrons. The van der Waals surface area contributed by atoms with Gasteiger partial charge in [0.2, 0.25) is 0 Å². The molecule has 0 radical (unpaired) electrons. The van der Waals surface area contributed by atoms with Crippen LogP contribution in [0.5, 0.6) is 0 Å². The van der Waals surface area contributed by atoms with Crippen LogP contribution < -0.4 is 0 Å². The molecule has 0 heterocycles. The molecule has 0 aliphatic rings. The topological polar surface area (TPSA) is 46.5 Å². The van der Waals surface area contributed by atoms with Crippen LogP contribution in [0.1, 0.15) is 43.9 Å². The van der Waals surface area contributed by atoms with Crippen LogP contribution in [-0.2, 0) is 21.6 Å². The molecule has 18 heavy (non-hydrogen) atoms. The Hall–Kier alpha value is -1.35. The smallest absolute Gasteiger partial charge is 0.305 e. The number of aliphatic carboxylic acids is 1. The predicted octanol–water partition coefficient (Wildman–Crippen LogP) is 3.28. The van der Waals surface area contributed by atoms with Gasteiger partial charge in [-0.1, -0.05) is 39.0 Å². The molecule has 0 aliphatic carbocycles. The van der Waals surface area contributed by atoms with Gasteiger partial charge < -0.3 is 9.84 Å². The van der Waals surface area contributed by atoms with E-state index in [4.69, 9.17) is 9.84 Å². The van der Waals surface area contributed by atoms with Crippen molar-refractivity contribution >= 4 is 5.97 Å².